The van der Waals surface area contributed by atoms with Gasteiger partial charge in [0.15, 0.2) is 0 Å². The third-order valence-electron chi connectivity index (χ3n) is 0.692. The maximum absolute atomic E-state index is 4.93. The molecular formula is C9H10Cl2Zr. The van der Waals surface area contributed by atoms with Crippen molar-refractivity contribution in [1.29, 1.82) is 0 Å². The number of rotatable bonds is 1. The molecule has 0 aliphatic carbocycles. The smallest absolute Gasteiger partial charge is 0.172 e. The predicted molar refractivity (Wildman–Crippen MR) is 52.8 cm³/mol. The predicted octanol–water partition coefficient (Wildman–Crippen LogP) is 3.94. The fraction of sp³-hybridized carbons (Fsp3) is 0. The van der Waals surface area contributed by atoms with Crippen molar-refractivity contribution < 1.29 is 20.8 Å². The Morgan fingerprint density at radius 1 is 1.33 bits per heavy atom. The molecule has 0 saturated heterocycles. The van der Waals surface area contributed by atoms with Crippen molar-refractivity contribution in [2.45, 2.75) is 0 Å². The van der Waals surface area contributed by atoms with Crippen LogP contribution in [0.1, 0.15) is 0 Å². The molecule has 1 aromatic rings. The van der Waals surface area contributed by atoms with E-state index in [-0.39, 0.29) is 0 Å². The van der Waals surface area contributed by atoms with E-state index in [1.54, 1.807) is 0 Å². The summed E-state index contributed by atoms with van der Waals surface area (Å²) in [6.07, 6.45) is 2.92. The summed E-state index contributed by atoms with van der Waals surface area (Å²) in [6.45, 7) is 8.08. The molecule has 0 bridgehead atoms. The van der Waals surface area contributed by atoms with Crippen LogP contribution in [0.15, 0.2) is 49.1 Å². The molecule has 0 N–H and O–H groups in total. The van der Waals surface area contributed by atoms with Gasteiger partial charge < -0.3 is 0 Å². The van der Waals surface area contributed by atoms with Gasteiger partial charge in [0.2, 0.25) is 0 Å². The number of allylic oxidation sites excluding steroid dienone is 2. The fourth-order valence-electron chi connectivity index (χ4n) is 0.321. The van der Waals surface area contributed by atoms with Gasteiger partial charge in [0.25, 0.3) is 0 Å². The van der Waals surface area contributed by atoms with Crippen LogP contribution in [0.4, 0.5) is 0 Å². The first-order valence-corrected chi connectivity index (χ1v) is 9.45. The average molecular weight is 280 g/mol. The van der Waals surface area contributed by atoms with Gasteiger partial charge in [-0.05, 0) is 0 Å². The molecule has 1 aromatic carbocycles. The van der Waals surface area contributed by atoms with Crippen molar-refractivity contribution in [3.8, 4) is 0 Å². The molecule has 0 saturated carbocycles. The van der Waals surface area contributed by atoms with E-state index >= 15 is 0 Å². The SMILES string of the molecule is [CH-]=CC=C.[Cl][Zr+2][Cl].c1cc[cH-]c1. The fourth-order valence-corrected chi connectivity index (χ4v) is 0.321. The Bertz CT molecular complexity index is 136. The van der Waals surface area contributed by atoms with Gasteiger partial charge in [-0.25, -0.2) is 24.3 Å². The molecule has 12 heavy (non-hydrogen) atoms. The maximum atomic E-state index is 4.93. The van der Waals surface area contributed by atoms with Gasteiger partial charge in [0.1, 0.15) is 0 Å². The van der Waals surface area contributed by atoms with Crippen LogP contribution in [0, 0.1) is 6.58 Å². The zero-order valence-electron chi connectivity index (χ0n) is 6.58. The number of halogens is 2. The Kier molecular flexibility index (Phi) is 21.5. The molecule has 0 nitrogen and oxygen atoms in total. The van der Waals surface area contributed by atoms with E-state index < -0.39 is 20.8 Å². The summed E-state index contributed by atoms with van der Waals surface area (Å²) in [6, 6.07) is 10.0. The summed E-state index contributed by atoms with van der Waals surface area (Å²) < 4.78 is 0. The molecule has 64 valence electrons. The Balaban J connectivity index is 0. The zero-order chi connectivity index (χ0) is 9.66. The molecule has 3 heteroatoms. The third-order valence-corrected chi connectivity index (χ3v) is 0.692. The monoisotopic (exact) mass is 278 g/mol. The van der Waals surface area contributed by atoms with E-state index in [2.05, 4.69) is 6.58 Å². The van der Waals surface area contributed by atoms with Gasteiger partial charge >= 0.3 is 37.9 Å². The molecule has 0 atom stereocenters. The second kappa shape index (κ2) is 17.4. The summed E-state index contributed by atoms with van der Waals surface area (Å²) in [5.41, 5.74) is 0. The van der Waals surface area contributed by atoms with Crippen LogP contribution in [0.3, 0.4) is 0 Å². The van der Waals surface area contributed by atoms with Crippen molar-refractivity contribution in [3.05, 3.63) is 55.6 Å². The van der Waals surface area contributed by atoms with Gasteiger partial charge in [-0.15, -0.1) is 0 Å². The van der Waals surface area contributed by atoms with Crippen LogP contribution in [-0.4, -0.2) is 0 Å². The van der Waals surface area contributed by atoms with Crippen LogP contribution in [0.25, 0.3) is 0 Å². The molecular weight excluding hydrogens is 270 g/mol. The van der Waals surface area contributed by atoms with E-state index in [0.29, 0.717) is 0 Å². The van der Waals surface area contributed by atoms with Gasteiger partial charge in [-0.1, -0.05) is 0 Å². The van der Waals surface area contributed by atoms with Crippen molar-refractivity contribution in [2.24, 2.45) is 0 Å². The minimum atomic E-state index is -0.826. The molecule has 0 fully saturated rings. The molecule has 0 heterocycles. The van der Waals surface area contributed by atoms with Crippen LogP contribution in [0.5, 0.6) is 0 Å². The van der Waals surface area contributed by atoms with Gasteiger partial charge in [0.05, 0.1) is 0 Å². The Labute approximate surface area is 92.9 Å². The molecule has 1 rings (SSSR count). The second-order valence-corrected chi connectivity index (χ2v) is 5.19. The third kappa shape index (κ3) is 22.4. The summed E-state index contributed by atoms with van der Waals surface area (Å²) in [4.78, 5) is 0. The van der Waals surface area contributed by atoms with Crippen LogP contribution in [0.2, 0.25) is 0 Å². The molecule has 0 aliphatic heterocycles. The molecule has 0 amide bonds. The first kappa shape index (κ1) is 14.8. The summed E-state index contributed by atoms with van der Waals surface area (Å²) in [5, 5.41) is 0. The molecule has 0 aliphatic rings. The molecule has 0 spiro atoms. The normalized spacial score (nSPS) is 5.83. The van der Waals surface area contributed by atoms with Crippen molar-refractivity contribution in [2.75, 3.05) is 0 Å². The quantitative estimate of drug-likeness (QED) is 0.540. The average Bonchev–Trinajstić information content (AvgIpc) is 2.62. The first-order valence-electron chi connectivity index (χ1n) is 3.12. The topological polar surface area (TPSA) is 0 Å². The van der Waals surface area contributed by atoms with E-state index in [4.69, 9.17) is 23.6 Å². The molecule has 0 unspecified atom stereocenters. The summed E-state index contributed by atoms with van der Waals surface area (Å²) in [5.74, 6) is 0. The summed E-state index contributed by atoms with van der Waals surface area (Å²) >= 11 is -0.826. The van der Waals surface area contributed by atoms with E-state index in [1.807, 2.05) is 30.3 Å². The van der Waals surface area contributed by atoms with E-state index in [0.717, 1.165) is 0 Å². The zero-order valence-corrected chi connectivity index (χ0v) is 10.6. The Morgan fingerprint density at radius 2 is 1.67 bits per heavy atom. The maximum Gasteiger partial charge on any atom is -0.172 e. The Hall–Kier alpha value is 0.293. The van der Waals surface area contributed by atoms with Gasteiger partial charge in [0, 0.05) is 0 Å². The number of hydrogen-bond acceptors (Lipinski definition) is 0. The van der Waals surface area contributed by atoms with E-state index in [1.165, 1.54) is 12.2 Å². The van der Waals surface area contributed by atoms with Crippen LogP contribution in [-0.2, 0) is 20.8 Å². The van der Waals surface area contributed by atoms with Crippen molar-refractivity contribution in [1.82, 2.24) is 0 Å². The van der Waals surface area contributed by atoms with Crippen LogP contribution < -0.4 is 0 Å². The van der Waals surface area contributed by atoms with Crippen molar-refractivity contribution >= 4 is 17.0 Å². The molecule has 0 radical (unpaired) electrons. The Morgan fingerprint density at radius 3 is 1.75 bits per heavy atom. The second-order valence-electron chi connectivity index (χ2n) is 1.46. The summed E-state index contributed by atoms with van der Waals surface area (Å²) in [7, 11) is 9.87. The van der Waals surface area contributed by atoms with Gasteiger partial charge in [-0.3, -0.25) is 6.58 Å². The van der Waals surface area contributed by atoms with Gasteiger partial charge in [-0.2, -0.15) is 24.8 Å². The minimum absolute atomic E-state index is 0.826. The first-order chi connectivity index (χ1) is 5.83. The van der Waals surface area contributed by atoms with E-state index in [9.17, 15) is 0 Å². The standard InChI is InChI=1S/C5H5.C4H5.2ClH.Zr/c1-2-4-5-3-1;1-3-4-2;;;/h1-5H;1,3-4H,2H2;2*1H;/q2*-1;;;+4/p-2. The minimum Gasteiger partial charge on any atom is -0.214 e. The molecule has 0 aromatic heterocycles. The number of hydrogen-bond donors (Lipinski definition) is 0. The van der Waals surface area contributed by atoms with Crippen molar-refractivity contribution in [3.63, 3.8) is 0 Å². The van der Waals surface area contributed by atoms with Crippen LogP contribution >= 0.6 is 17.0 Å². The largest absolute Gasteiger partial charge is 0.214 e.